The molecule has 3 aliphatic carbocycles. The first-order valence-electron chi connectivity index (χ1n) is 12.1. The number of rotatable bonds is 7. The highest BCUT2D eigenvalue weighted by atomic mass is 32.1. The molecule has 0 radical (unpaired) electrons. The van der Waals surface area contributed by atoms with Crippen molar-refractivity contribution in [3.8, 4) is 0 Å². The Bertz CT molecular complexity index is 808. The zero-order valence-corrected chi connectivity index (χ0v) is 19.7. The minimum atomic E-state index is -0.904. The van der Waals surface area contributed by atoms with E-state index in [9.17, 15) is 14.4 Å². The highest BCUT2D eigenvalue weighted by Crippen LogP contribution is 2.37. The second-order valence-electron chi connectivity index (χ2n) is 9.21. The third-order valence-electron chi connectivity index (χ3n) is 6.88. The molecule has 9 heteroatoms. The molecule has 32 heavy (non-hydrogen) atoms. The summed E-state index contributed by atoms with van der Waals surface area (Å²) in [5.41, 5.74) is -0.904. The van der Waals surface area contributed by atoms with E-state index in [0.29, 0.717) is 22.9 Å². The Morgan fingerprint density at radius 3 is 2.19 bits per heavy atom. The number of nitrogens with zero attached hydrogens (tertiary/aromatic N) is 2. The molecular formula is C23H34N4O4S. The molecule has 3 amide bonds. The number of amides is 3. The van der Waals surface area contributed by atoms with Crippen molar-refractivity contribution >= 4 is 34.4 Å². The highest BCUT2D eigenvalue weighted by Gasteiger charge is 2.53. The van der Waals surface area contributed by atoms with Gasteiger partial charge in [0.2, 0.25) is 0 Å². The molecule has 2 N–H and O–H groups in total. The maximum Gasteiger partial charge on any atom is 0.331 e. The summed E-state index contributed by atoms with van der Waals surface area (Å²) < 4.78 is 5.08. The SMILES string of the molecule is CCOC(=O)C1(NC(=O)c2cnc(NC(=O)N(C3CCCCC3)C3CCCCC3)s2)CC1. The number of urea groups is 1. The molecule has 1 heterocycles. The van der Waals surface area contributed by atoms with Gasteiger partial charge < -0.3 is 15.0 Å². The van der Waals surface area contributed by atoms with E-state index in [2.05, 4.69) is 20.5 Å². The van der Waals surface area contributed by atoms with E-state index in [-0.39, 0.29) is 36.6 Å². The van der Waals surface area contributed by atoms with Crippen LogP contribution in [0.4, 0.5) is 9.93 Å². The van der Waals surface area contributed by atoms with Crippen LogP contribution in [0.3, 0.4) is 0 Å². The van der Waals surface area contributed by atoms with E-state index in [1.807, 2.05) is 0 Å². The van der Waals surface area contributed by atoms with Crippen LogP contribution in [0.2, 0.25) is 0 Å². The van der Waals surface area contributed by atoms with Crippen LogP contribution in [-0.2, 0) is 9.53 Å². The molecule has 4 rings (SSSR count). The normalized spacial score (nSPS) is 20.9. The van der Waals surface area contributed by atoms with E-state index >= 15 is 0 Å². The number of carbonyl (C=O) groups excluding carboxylic acids is 3. The van der Waals surface area contributed by atoms with Gasteiger partial charge in [-0.1, -0.05) is 49.9 Å². The summed E-state index contributed by atoms with van der Waals surface area (Å²) in [6.45, 7) is 2.03. The number of carbonyl (C=O) groups is 3. The zero-order chi connectivity index (χ0) is 22.6. The molecule has 1 aromatic heterocycles. The number of hydrogen-bond donors (Lipinski definition) is 2. The van der Waals surface area contributed by atoms with E-state index in [4.69, 9.17) is 4.74 Å². The largest absolute Gasteiger partial charge is 0.464 e. The van der Waals surface area contributed by atoms with Crippen LogP contribution in [0, 0.1) is 0 Å². The Morgan fingerprint density at radius 2 is 1.66 bits per heavy atom. The van der Waals surface area contributed by atoms with Crippen LogP contribution < -0.4 is 10.6 Å². The quantitative estimate of drug-likeness (QED) is 0.583. The van der Waals surface area contributed by atoms with Crippen molar-refractivity contribution in [2.75, 3.05) is 11.9 Å². The summed E-state index contributed by atoms with van der Waals surface area (Å²) in [4.78, 5) is 44.8. The Labute approximate surface area is 193 Å². The van der Waals surface area contributed by atoms with Crippen LogP contribution in [-0.4, -0.2) is 52.0 Å². The Kier molecular flexibility index (Phi) is 7.33. The van der Waals surface area contributed by atoms with E-state index in [0.717, 1.165) is 37.0 Å². The van der Waals surface area contributed by atoms with Gasteiger partial charge in [0.05, 0.1) is 12.8 Å². The molecule has 3 fully saturated rings. The van der Waals surface area contributed by atoms with Crippen LogP contribution >= 0.6 is 11.3 Å². The minimum absolute atomic E-state index is 0.102. The first kappa shape index (κ1) is 23.0. The molecule has 8 nitrogen and oxygen atoms in total. The third kappa shape index (κ3) is 5.24. The van der Waals surface area contributed by atoms with Crippen molar-refractivity contribution in [2.24, 2.45) is 0 Å². The van der Waals surface area contributed by atoms with Gasteiger partial charge in [-0.3, -0.25) is 10.1 Å². The molecule has 0 saturated heterocycles. The van der Waals surface area contributed by atoms with Crippen molar-refractivity contribution < 1.29 is 19.1 Å². The van der Waals surface area contributed by atoms with E-state index in [1.165, 1.54) is 44.7 Å². The molecular weight excluding hydrogens is 428 g/mol. The fourth-order valence-corrected chi connectivity index (χ4v) is 5.70. The maximum absolute atomic E-state index is 13.3. The first-order valence-corrected chi connectivity index (χ1v) is 12.9. The third-order valence-corrected chi connectivity index (χ3v) is 7.79. The van der Waals surface area contributed by atoms with E-state index in [1.54, 1.807) is 6.92 Å². The molecule has 0 aliphatic heterocycles. The zero-order valence-electron chi connectivity index (χ0n) is 18.9. The topological polar surface area (TPSA) is 101 Å². The summed E-state index contributed by atoms with van der Waals surface area (Å²) in [6, 6.07) is 0.470. The van der Waals surface area contributed by atoms with Crippen LogP contribution in [0.1, 0.15) is 93.6 Å². The second kappa shape index (κ2) is 10.2. The van der Waals surface area contributed by atoms with Gasteiger partial charge in [0.15, 0.2) is 5.13 Å². The monoisotopic (exact) mass is 462 g/mol. The predicted molar refractivity (Wildman–Crippen MR) is 123 cm³/mol. The Morgan fingerprint density at radius 1 is 1.06 bits per heavy atom. The summed E-state index contributed by atoms with van der Waals surface area (Å²) in [6.07, 6.45) is 14.0. The number of nitrogens with one attached hydrogen (secondary N) is 2. The molecule has 176 valence electrons. The first-order chi connectivity index (χ1) is 15.5. The summed E-state index contributed by atoms with van der Waals surface area (Å²) in [5.74, 6) is -0.744. The van der Waals surface area contributed by atoms with Gasteiger partial charge in [0, 0.05) is 12.1 Å². The van der Waals surface area contributed by atoms with Gasteiger partial charge >= 0.3 is 12.0 Å². The molecule has 0 atom stereocenters. The molecule has 0 aromatic carbocycles. The second-order valence-corrected chi connectivity index (χ2v) is 10.2. The molecule has 3 saturated carbocycles. The summed E-state index contributed by atoms with van der Waals surface area (Å²) in [5, 5.41) is 6.17. The van der Waals surface area contributed by atoms with Gasteiger partial charge in [-0.15, -0.1) is 0 Å². The molecule has 1 aromatic rings. The lowest BCUT2D eigenvalue weighted by Gasteiger charge is -2.41. The molecule has 3 aliphatic rings. The standard InChI is InChI=1S/C23H34N4O4S/c1-2-31-20(29)23(13-14-23)26-19(28)18-15-24-21(32-18)25-22(30)27(16-9-5-3-6-10-16)17-11-7-4-8-12-17/h15-17H,2-14H2,1H3,(H,26,28)(H,24,25,30). The summed E-state index contributed by atoms with van der Waals surface area (Å²) >= 11 is 1.14. The van der Waals surface area contributed by atoms with Crippen LogP contribution in [0.5, 0.6) is 0 Å². The fourth-order valence-electron chi connectivity index (χ4n) is 4.99. The highest BCUT2D eigenvalue weighted by molar-refractivity contribution is 7.17. The van der Waals surface area contributed by atoms with Crippen molar-refractivity contribution in [1.82, 2.24) is 15.2 Å². The number of ether oxygens (including phenoxy) is 1. The van der Waals surface area contributed by atoms with Gasteiger partial charge in [-0.2, -0.15) is 0 Å². The molecule has 0 unspecified atom stereocenters. The van der Waals surface area contributed by atoms with Crippen LogP contribution in [0.15, 0.2) is 6.20 Å². The fraction of sp³-hybridized carbons (Fsp3) is 0.739. The van der Waals surface area contributed by atoms with Gasteiger partial charge in [-0.05, 0) is 45.4 Å². The van der Waals surface area contributed by atoms with Crippen molar-refractivity contribution in [3.05, 3.63) is 11.1 Å². The van der Waals surface area contributed by atoms with Crippen molar-refractivity contribution in [1.29, 1.82) is 0 Å². The predicted octanol–water partition coefficient (Wildman–Crippen LogP) is 4.47. The van der Waals surface area contributed by atoms with Gasteiger partial charge in [-0.25, -0.2) is 14.6 Å². The summed E-state index contributed by atoms with van der Waals surface area (Å²) in [7, 11) is 0. The number of thiazole rings is 1. The maximum atomic E-state index is 13.3. The Hall–Kier alpha value is -2.16. The minimum Gasteiger partial charge on any atom is -0.464 e. The van der Waals surface area contributed by atoms with Gasteiger partial charge in [0.25, 0.3) is 5.91 Å². The molecule has 0 spiro atoms. The number of aromatic nitrogens is 1. The smallest absolute Gasteiger partial charge is 0.331 e. The lowest BCUT2D eigenvalue weighted by molar-refractivity contribution is -0.146. The van der Waals surface area contributed by atoms with E-state index < -0.39 is 5.54 Å². The average molecular weight is 463 g/mol. The Balaban J connectivity index is 1.40. The molecule has 0 bridgehead atoms. The average Bonchev–Trinajstić information content (AvgIpc) is 3.44. The van der Waals surface area contributed by atoms with Crippen molar-refractivity contribution in [3.63, 3.8) is 0 Å². The van der Waals surface area contributed by atoms with Crippen LogP contribution in [0.25, 0.3) is 0 Å². The number of hydrogen-bond acceptors (Lipinski definition) is 6. The number of anilines is 1. The lowest BCUT2D eigenvalue weighted by Crippen LogP contribution is -2.50. The lowest BCUT2D eigenvalue weighted by atomic mass is 9.89. The number of esters is 1. The van der Waals surface area contributed by atoms with Gasteiger partial charge in [0.1, 0.15) is 10.4 Å². The van der Waals surface area contributed by atoms with Crippen molar-refractivity contribution in [2.45, 2.75) is 102 Å².